The number of nitrogens with zero attached hydrogens (tertiary/aromatic N) is 2. The van der Waals surface area contributed by atoms with E-state index in [9.17, 15) is 9.59 Å². The van der Waals surface area contributed by atoms with Crippen molar-refractivity contribution < 1.29 is 23.8 Å². The Labute approximate surface area is 211 Å². The molecule has 34 heavy (non-hydrogen) atoms. The number of fused-ring (bicyclic) bond motifs is 1. The first-order valence-corrected chi connectivity index (χ1v) is 12.5. The lowest BCUT2D eigenvalue weighted by molar-refractivity contribution is -0.139. The van der Waals surface area contributed by atoms with Gasteiger partial charge in [-0.15, -0.1) is 0 Å². The molecule has 2 aliphatic heterocycles. The summed E-state index contributed by atoms with van der Waals surface area (Å²) in [6.45, 7) is 3.75. The molecular formula is C25H25BrN2O5S. The summed E-state index contributed by atoms with van der Waals surface area (Å²) in [5.74, 6) is 0.484. The van der Waals surface area contributed by atoms with Crippen LogP contribution in [0, 0.1) is 0 Å². The maximum atomic E-state index is 13.7. The molecule has 1 saturated heterocycles. The molecule has 2 aromatic carbocycles. The Morgan fingerprint density at radius 3 is 2.47 bits per heavy atom. The quantitative estimate of drug-likeness (QED) is 0.461. The Morgan fingerprint density at radius 1 is 1.12 bits per heavy atom. The first-order chi connectivity index (χ1) is 16.4. The molecule has 0 N–H and O–H groups in total. The van der Waals surface area contributed by atoms with E-state index in [1.165, 1.54) is 11.8 Å². The third-order valence-electron chi connectivity index (χ3n) is 5.70. The molecule has 7 nitrogen and oxygen atoms in total. The molecular weight excluding hydrogens is 520 g/mol. The summed E-state index contributed by atoms with van der Waals surface area (Å²) in [4.78, 5) is 33.0. The van der Waals surface area contributed by atoms with Crippen LogP contribution in [0.5, 0.6) is 11.5 Å². The van der Waals surface area contributed by atoms with Crippen molar-refractivity contribution in [3.8, 4) is 11.5 Å². The van der Waals surface area contributed by atoms with Crippen LogP contribution >= 0.6 is 27.7 Å². The monoisotopic (exact) mass is 544 g/mol. The number of amidine groups is 1. The molecule has 0 saturated carbocycles. The van der Waals surface area contributed by atoms with Gasteiger partial charge in [0.1, 0.15) is 0 Å². The molecule has 2 aliphatic rings. The summed E-state index contributed by atoms with van der Waals surface area (Å²) in [6, 6.07) is 12.6. The Morgan fingerprint density at radius 2 is 1.82 bits per heavy atom. The highest BCUT2D eigenvalue weighted by Gasteiger charge is 2.47. The number of carbonyl (C=O) groups is 2. The first-order valence-electron chi connectivity index (χ1n) is 10.8. The molecule has 9 heteroatoms. The number of thioether (sulfide) groups is 1. The number of amides is 1. The maximum Gasteiger partial charge on any atom is 0.338 e. The average Bonchev–Trinajstić information content (AvgIpc) is 3.13. The van der Waals surface area contributed by atoms with Crippen LogP contribution in [0.25, 0.3) is 0 Å². The molecule has 2 atom stereocenters. The summed E-state index contributed by atoms with van der Waals surface area (Å²) in [5, 5.41) is 0.231. The SMILES string of the molecule is CCOC(=O)C1=C(C)N=C2S[C@H](Cc3ccc(Br)cc3)C(=O)N2[C@@H]1c1ccc(OC)c(OC)c1. The normalized spacial score (nSPS) is 19.6. The lowest BCUT2D eigenvalue weighted by atomic mass is 9.93. The second-order valence-electron chi connectivity index (χ2n) is 7.78. The smallest absolute Gasteiger partial charge is 0.338 e. The Kier molecular flexibility index (Phi) is 7.33. The van der Waals surface area contributed by atoms with Crippen LogP contribution in [0.1, 0.15) is 31.0 Å². The number of carbonyl (C=O) groups excluding carboxylic acids is 2. The molecule has 178 valence electrons. The van der Waals surface area contributed by atoms with Crippen LogP contribution in [-0.2, 0) is 20.7 Å². The van der Waals surface area contributed by atoms with Crippen molar-refractivity contribution in [1.29, 1.82) is 0 Å². The number of esters is 1. The number of hydrogen-bond acceptors (Lipinski definition) is 7. The van der Waals surface area contributed by atoms with Crippen molar-refractivity contribution in [3.05, 3.63) is 69.3 Å². The second kappa shape index (κ2) is 10.2. The number of hydrogen-bond donors (Lipinski definition) is 0. The standard InChI is InChI=1S/C25H25BrN2O5S/c1-5-33-24(30)21-14(2)27-25-28(22(21)16-8-11-18(31-3)19(13-16)32-4)23(29)20(34-25)12-15-6-9-17(26)10-7-15/h6-11,13,20,22H,5,12H2,1-4H3/t20-,22-/m1/s1. The zero-order valence-corrected chi connectivity index (χ0v) is 21.7. The summed E-state index contributed by atoms with van der Waals surface area (Å²) >= 11 is 4.87. The van der Waals surface area contributed by atoms with Gasteiger partial charge in [0, 0.05) is 4.47 Å². The minimum absolute atomic E-state index is 0.0965. The number of halogens is 1. The van der Waals surface area contributed by atoms with E-state index in [4.69, 9.17) is 14.2 Å². The number of aliphatic imine (C=N–C) groups is 1. The Hall–Kier alpha value is -2.78. The van der Waals surface area contributed by atoms with Crippen molar-refractivity contribution in [2.75, 3.05) is 20.8 Å². The maximum absolute atomic E-state index is 13.7. The van der Waals surface area contributed by atoms with Gasteiger partial charge in [0.2, 0.25) is 5.91 Å². The van der Waals surface area contributed by atoms with E-state index in [0.717, 1.165) is 10.0 Å². The van der Waals surface area contributed by atoms with Crippen LogP contribution < -0.4 is 9.47 Å². The number of ether oxygens (including phenoxy) is 3. The molecule has 0 aliphatic carbocycles. The van der Waals surface area contributed by atoms with E-state index < -0.39 is 12.0 Å². The van der Waals surface area contributed by atoms with Crippen molar-refractivity contribution >= 4 is 44.7 Å². The van der Waals surface area contributed by atoms with Gasteiger partial charge in [-0.05, 0) is 55.7 Å². The van der Waals surface area contributed by atoms with Crippen molar-refractivity contribution in [3.63, 3.8) is 0 Å². The molecule has 2 aromatic rings. The van der Waals surface area contributed by atoms with E-state index in [0.29, 0.717) is 39.9 Å². The van der Waals surface area contributed by atoms with Crippen LogP contribution in [0.2, 0.25) is 0 Å². The zero-order valence-electron chi connectivity index (χ0n) is 19.3. The predicted molar refractivity (Wildman–Crippen MR) is 135 cm³/mol. The van der Waals surface area contributed by atoms with Gasteiger partial charge in [0.25, 0.3) is 0 Å². The fourth-order valence-electron chi connectivity index (χ4n) is 4.10. The van der Waals surface area contributed by atoms with Crippen LogP contribution in [0.3, 0.4) is 0 Å². The lowest BCUT2D eigenvalue weighted by Crippen LogP contribution is -2.41. The fraction of sp³-hybridized carbons (Fsp3) is 0.320. The minimum Gasteiger partial charge on any atom is -0.493 e. The topological polar surface area (TPSA) is 77.4 Å². The number of rotatable bonds is 7. The minimum atomic E-state index is -0.679. The van der Waals surface area contributed by atoms with Gasteiger partial charge in [0.15, 0.2) is 16.7 Å². The molecule has 0 unspecified atom stereocenters. The van der Waals surface area contributed by atoms with Gasteiger partial charge in [-0.25, -0.2) is 9.79 Å². The summed E-state index contributed by atoms with van der Waals surface area (Å²) in [6.07, 6.45) is 0.554. The van der Waals surface area contributed by atoms with Crippen molar-refractivity contribution in [2.45, 2.75) is 31.6 Å². The number of methoxy groups -OCH3 is 2. The van der Waals surface area contributed by atoms with Crippen LogP contribution in [-0.4, -0.2) is 48.0 Å². The van der Waals surface area contributed by atoms with E-state index in [2.05, 4.69) is 20.9 Å². The summed E-state index contributed by atoms with van der Waals surface area (Å²) < 4.78 is 17.2. The molecule has 0 aromatic heterocycles. The fourth-order valence-corrected chi connectivity index (χ4v) is 5.61. The molecule has 1 fully saturated rings. The van der Waals surface area contributed by atoms with Crippen LogP contribution in [0.4, 0.5) is 0 Å². The number of allylic oxidation sites excluding steroid dienone is 1. The Balaban J connectivity index is 1.76. The second-order valence-corrected chi connectivity index (χ2v) is 9.86. The number of benzene rings is 2. The molecule has 0 bridgehead atoms. The highest BCUT2D eigenvalue weighted by Crippen LogP contribution is 2.45. The highest BCUT2D eigenvalue weighted by atomic mass is 79.9. The van der Waals surface area contributed by atoms with Crippen molar-refractivity contribution in [2.24, 2.45) is 4.99 Å². The van der Waals surface area contributed by atoms with Gasteiger partial charge in [0.05, 0.1) is 43.4 Å². The summed E-state index contributed by atoms with van der Waals surface area (Å²) in [7, 11) is 3.11. The van der Waals surface area contributed by atoms with E-state index in [1.807, 2.05) is 30.3 Å². The molecule has 1 amide bonds. The molecule has 0 radical (unpaired) electrons. The van der Waals surface area contributed by atoms with Gasteiger partial charge in [-0.2, -0.15) is 0 Å². The summed E-state index contributed by atoms with van der Waals surface area (Å²) in [5.41, 5.74) is 2.64. The predicted octanol–water partition coefficient (Wildman–Crippen LogP) is 4.90. The highest BCUT2D eigenvalue weighted by molar-refractivity contribution is 9.10. The average molecular weight is 545 g/mol. The third kappa shape index (κ3) is 4.59. The molecule has 4 rings (SSSR count). The third-order valence-corrected chi connectivity index (χ3v) is 7.38. The molecule has 0 spiro atoms. The lowest BCUT2D eigenvalue weighted by Gasteiger charge is -2.33. The van der Waals surface area contributed by atoms with E-state index in [-0.39, 0.29) is 17.8 Å². The van der Waals surface area contributed by atoms with Crippen LogP contribution in [0.15, 0.2) is 63.2 Å². The van der Waals surface area contributed by atoms with Gasteiger partial charge >= 0.3 is 5.97 Å². The molecule has 2 heterocycles. The zero-order chi connectivity index (χ0) is 24.4. The van der Waals surface area contributed by atoms with Crippen molar-refractivity contribution in [1.82, 2.24) is 4.90 Å². The first kappa shape index (κ1) is 24.3. The van der Waals surface area contributed by atoms with Gasteiger partial charge in [-0.1, -0.05) is 45.9 Å². The van der Waals surface area contributed by atoms with Gasteiger partial charge in [-0.3, -0.25) is 9.69 Å². The largest absolute Gasteiger partial charge is 0.493 e. The Bertz CT molecular complexity index is 1180. The van der Waals surface area contributed by atoms with E-state index in [1.54, 1.807) is 45.1 Å². The van der Waals surface area contributed by atoms with Gasteiger partial charge < -0.3 is 14.2 Å². The van der Waals surface area contributed by atoms with E-state index >= 15 is 0 Å².